The van der Waals surface area contributed by atoms with Crippen LogP contribution in [-0.4, -0.2) is 38.0 Å². The van der Waals surface area contributed by atoms with Gasteiger partial charge in [0.25, 0.3) is 0 Å². The minimum Gasteiger partial charge on any atom is -0.480 e. The summed E-state index contributed by atoms with van der Waals surface area (Å²) < 4.78 is 26.2. The van der Waals surface area contributed by atoms with Crippen LogP contribution in [0.15, 0.2) is 47.9 Å². The SMILES string of the molecule is C=CCCC(NC(=O)CCNS(=O)(=O)c1ccccc1)C(=O)O. The van der Waals surface area contributed by atoms with Crippen LogP contribution in [0.4, 0.5) is 0 Å². The molecule has 0 saturated carbocycles. The van der Waals surface area contributed by atoms with Crippen LogP contribution in [0.1, 0.15) is 19.3 Å². The Balaban J connectivity index is 2.47. The van der Waals surface area contributed by atoms with E-state index < -0.39 is 27.9 Å². The Hall–Kier alpha value is -2.19. The quantitative estimate of drug-likeness (QED) is 0.548. The van der Waals surface area contributed by atoms with Crippen molar-refractivity contribution in [3.05, 3.63) is 43.0 Å². The first kappa shape index (κ1) is 18.9. The molecule has 1 unspecified atom stereocenters. The van der Waals surface area contributed by atoms with Crippen molar-refractivity contribution in [1.29, 1.82) is 0 Å². The van der Waals surface area contributed by atoms with Crippen molar-refractivity contribution in [3.63, 3.8) is 0 Å². The summed E-state index contributed by atoms with van der Waals surface area (Å²) in [5, 5.41) is 11.3. The van der Waals surface area contributed by atoms with E-state index in [0.717, 1.165) is 0 Å². The predicted octanol–water partition coefficient (Wildman–Crippen LogP) is 0.891. The molecule has 1 atom stereocenters. The standard InChI is InChI=1S/C15H20N2O5S/c1-2-3-9-13(15(19)20)17-14(18)10-11-16-23(21,22)12-7-5-4-6-8-12/h2,4-8,13,16H,1,3,9-11H2,(H,17,18)(H,19,20). The zero-order valence-electron chi connectivity index (χ0n) is 12.6. The maximum Gasteiger partial charge on any atom is 0.326 e. The molecule has 1 aromatic rings. The number of aliphatic carboxylic acids is 1. The Morgan fingerprint density at radius 2 is 1.91 bits per heavy atom. The number of sulfonamides is 1. The summed E-state index contributed by atoms with van der Waals surface area (Å²) in [4.78, 5) is 22.8. The van der Waals surface area contributed by atoms with Crippen molar-refractivity contribution < 1.29 is 23.1 Å². The van der Waals surface area contributed by atoms with Gasteiger partial charge < -0.3 is 10.4 Å². The lowest BCUT2D eigenvalue weighted by Crippen LogP contribution is -2.41. The Kier molecular flexibility index (Phi) is 7.43. The first-order valence-corrected chi connectivity index (χ1v) is 8.53. The number of rotatable bonds is 10. The normalized spacial score (nSPS) is 12.3. The number of carbonyl (C=O) groups excluding carboxylic acids is 1. The predicted molar refractivity (Wildman–Crippen MR) is 85.2 cm³/mol. The van der Waals surface area contributed by atoms with E-state index in [2.05, 4.69) is 16.6 Å². The lowest BCUT2D eigenvalue weighted by molar-refractivity contribution is -0.142. The van der Waals surface area contributed by atoms with Crippen LogP contribution in [0.25, 0.3) is 0 Å². The molecule has 23 heavy (non-hydrogen) atoms. The summed E-state index contributed by atoms with van der Waals surface area (Å²) in [5.41, 5.74) is 0. The molecule has 0 aromatic heterocycles. The Bertz CT molecular complexity index is 643. The molecule has 0 radical (unpaired) electrons. The van der Waals surface area contributed by atoms with Gasteiger partial charge in [0.1, 0.15) is 6.04 Å². The Morgan fingerprint density at radius 1 is 1.26 bits per heavy atom. The second-order valence-corrected chi connectivity index (χ2v) is 6.55. The van der Waals surface area contributed by atoms with Crippen molar-refractivity contribution in [2.24, 2.45) is 0 Å². The van der Waals surface area contributed by atoms with Crippen molar-refractivity contribution in [3.8, 4) is 0 Å². The van der Waals surface area contributed by atoms with Crippen molar-refractivity contribution in [2.75, 3.05) is 6.54 Å². The van der Waals surface area contributed by atoms with Crippen LogP contribution in [0, 0.1) is 0 Å². The van der Waals surface area contributed by atoms with E-state index in [1.54, 1.807) is 24.3 Å². The topological polar surface area (TPSA) is 113 Å². The molecule has 8 heteroatoms. The molecular weight excluding hydrogens is 320 g/mol. The third-order valence-electron chi connectivity index (χ3n) is 2.99. The smallest absolute Gasteiger partial charge is 0.326 e. The highest BCUT2D eigenvalue weighted by molar-refractivity contribution is 7.89. The van der Waals surface area contributed by atoms with Crippen LogP contribution < -0.4 is 10.0 Å². The van der Waals surface area contributed by atoms with Gasteiger partial charge >= 0.3 is 5.97 Å². The van der Waals surface area contributed by atoms with Gasteiger partial charge in [0.05, 0.1) is 4.90 Å². The lowest BCUT2D eigenvalue weighted by atomic mass is 10.1. The average molecular weight is 340 g/mol. The fourth-order valence-corrected chi connectivity index (χ4v) is 2.84. The third kappa shape index (κ3) is 6.62. The van der Waals surface area contributed by atoms with Gasteiger partial charge in [0, 0.05) is 13.0 Å². The lowest BCUT2D eigenvalue weighted by Gasteiger charge is -2.13. The molecule has 0 aliphatic carbocycles. The minimum absolute atomic E-state index is 0.106. The summed E-state index contributed by atoms with van der Waals surface area (Å²) in [5.74, 6) is -1.66. The number of nitrogens with one attached hydrogen (secondary N) is 2. The number of benzene rings is 1. The highest BCUT2D eigenvalue weighted by Gasteiger charge is 2.19. The number of hydrogen-bond acceptors (Lipinski definition) is 4. The number of allylic oxidation sites excluding steroid dienone is 1. The van der Waals surface area contributed by atoms with E-state index in [9.17, 15) is 18.0 Å². The number of carboxylic acid groups (broad SMARTS) is 1. The molecule has 1 amide bonds. The van der Waals surface area contributed by atoms with Gasteiger partial charge in [0.15, 0.2) is 0 Å². The van der Waals surface area contributed by atoms with Crippen LogP contribution in [0.2, 0.25) is 0 Å². The fourth-order valence-electron chi connectivity index (χ4n) is 1.79. The highest BCUT2D eigenvalue weighted by atomic mass is 32.2. The highest BCUT2D eigenvalue weighted by Crippen LogP contribution is 2.06. The number of carboxylic acids is 1. The van der Waals surface area contributed by atoms with Gasteiger partial charge in [-0.15, -0.1) is 6.58 Å². The molecule has 0 saturated heterocycles. The summed E-state index contributed by atoms with van der Waals surface area (Å²) >= 11 is 0. The van der Waals surface area contributed by atoms with E-state index >= 15 is 0 Å². The molecule has 3 N–H and O–H groups in total. The number of carbonyl (C=O) groups is 2. The first-order valence-electron chi connectivity index (χ1n) is 7.04. The molecule has 0 aliphatic heterocycles. The molecule has 0 aliphatic rings. The molecule has 1 rings (SSSR count). The zero-order valence-corrected chi connectivity index (χ0v) is 13.4. The fraction of sp³-hybridized carbons (Fsp3) is 0.333. The summed E-state index contributed by atoms with van der Waals surface area (Å²) in [6, 6.07) is 6.76. The third-order valence-corrected chi connectivity index (χ3v) is 4.47. The molecule has 1 aromatic carbocycles. The monoisotopic (exact) mass is 340 g/mol. The first-order chi connectivity index (χ1) is 10.9. The van der Waals surface area contributed by atoms with Gasteiger partial charge in [-0.2, -0.15) is 0 Å². The summed E-state index contributed by atoms with van der Waals surface area (Å²) in [7, 11) is -3.67. The van der Waals surface area contributed by atoms with Gasteiger partial charge in [-0.25, -0.2) is 17.9 Å². The molecule has 0 bridgehead atoms. The summed E-state index contributed by atoms with van der Waals surface area (Å²) in [6.45, 7) is 3.38. The number of hydrogen-bond donors (Lipinski definition) is 3. The summed E-state index contributed by atoms with van der Waals surface area (Å²) in [6.07, 6.45) is 2.11. The van der Waals surface area contributed by atoms with E-state index in [1.165, 1.54) is 12.1 Å². The van der Waals surface area contributed by atoms with E-state index in [-0.39, 0.29) is 24.3 Å². The van der Waals surface area contributed by atoms with Crippen LogP contribution in [-0.2, 0) is 19.6 Å². The van der Waals surface area contributed by atoms with Crippen molar-refractivity contribution >= 4 is 21.9 Å². The van der Waals surface area contributed by atoms with E-state index in [1.807, 2.05) is 0 Å². The molecule has 0 fully saturated rings. The van der Waals surface area contributed by atoms with Crippen LogP contribution in [0.5, 0.6) is 0 Å². The molecule has 126 valence electrons. The van der Waals surface area contributed by atoms with E-state index in [4.69, 9.17) is 5.11 Å². The van der Waals surface area contributed by atoms with Gasteiger partial charge in [-0.3, -0.25) is 4.79 Å². The number of amides is 1. The van der Waals surface area contributed by atoms with Crippen LogP contribution in [0.3, 0.4) is 0 Å². The molecule has 0 heterocycles. The van der Waals surface area contributed by atoms with Crippen molar-refractivity contribution in [2.45, 2.75) is 30.2 Å². The molecule has 7 nitrogen and oxygen atoms in total. The van der Waals surface area contributed by atoms with Gasteiger partial charge in [0.2, 0.25) is 15.9 Å². The van der Waals surface area contributed by atoms with Crippen molar-refractivity contribution in [1.82, 2.24) is 10.0 Å². The van der Waals surface area contributed by atoms with Gasteiger partial charge in [-0.05, 0) is 25.0 Å². The van der Waals surface area contributed by atoms with E-state index in [0.29, 0.717) is 6.42 Å². The minimum atomic E-state index is -3.67. The largest absolute Gasteiger partial charge is 0.480 e. The van der Waals surface area contributed by atoms with Gasteiger partial charge in [-0.1, -0.05) is 24.3 Å². The maximum atomic E-state index is 11.9. The molecular formula is C15H20N2O5S. The maximum absolute atomic E-state index is 11.9. The molecule has 0 spiro atoms. The second-order valence-electron chi connectivity index (χ2n) is 4.79. The zero-order chi connectivity index (χ0) is 17.3. The Morgan fingerprint density at radius 3 is 2.48 bits per heavy atom. The Labute approximate surface area is 135 Å². The average Bonchev–Trinajstić information content (AvgIpc) is 2.51. The second kappa shape index (κ2) is 9.06. The van der Waals surface area contributed by atoms with Crippen LogP contribution >= 0.6 is 0 Å².